The van der Waals surface area contributed by atoms with Crippen LogP contribution in [0.15, 0.2) is 90.1 Å². The first kappa shape index (κ1) is 22.3. The highest BCUT2D eigenvalue weighted by Crippen LogP contribution is 2.39. The Morgan fingerprint density at radius 1 is 1.06 bits per heavy atom. The largest absolute Gasteiger partial charge is 0.328 e. The van der Waals surface area contributed by atoms with Crippen molar-refractivity contribution in [2.24, 2.45) is 0 Å². The molecule has 2 N–H and O–H groups in total. The van der Waals surface area contributed by atoms with Gasteiger partial charge in [-0.1, -0.05) is 48.0 Å². The Balaban J connectivity index is 1.60. The lowest BCUT2D eigenvalue weighted by atomic mass is 9.95. The number of nitrogens with one attached hydrogen (secondary N) is 2. The van der Waals surface area contributed by atoms with Crippen molar-refractivity contribution in [2.45, 2.75) is 13.0 Å². The maximum atomic E-state index is 13.5. The van der Waals surface area contributed by atoms with Crippen molar-refractivity contribution in [1.82, 2.24) is 14.8 Å². The van der Waals surface area contributed by atoms with Gasteiger partial charge in [-0.25, -0.2) is 4.68 Å². The van der Waals surface area contributed by atoms with Crippen molar-refractivity contribution in [3.63, 3.8) is 0 Å². The molecule has 4 aromatic rings. The van der Waals surface area contributed by atoms with Crippen LogP contribution >= 0.6 is 11.6 Å². The third kappa shape index (κ3) is 4.24. The fourth-order valence-corrected chi connectivity index (χ4v) is 4.24. The number of halogens is 1. The topological polar surface area (TPSA) is 115 Å². The molecule has 0 bridgehead atoms. The van der Waals surface area contributed by atoms with Gasteiger partial charge in [0.2, 0.25) is 5.95 Å². The normalized spacial score (nSPS) is 14.7. The minimum absolute atomic E-state index is 0.0258. The van der Waals surface area contributed by atoms with Crippen molar-refractivity contribution >= 4 is 34.8 Å². The number of aromatic nitrogens is 3. The van der Waals surface area contributed by atoms with Crippen molar-refractivity contribution in [2.75, 3.05) is 10.6 Å². The number of hydrogen-bond donors (Lipinski definition) is 2. The minimum atomic E-state index is -0.650. The molecule has 0 radical (unpaired) electrons. The molecule has 9 nitrogen and oxygen atoms in total. The summed E-state index contributed by atoms with van der Waals surface area (Å²) in [4.78, 5) is 28.6. The van der Waals surface area contributed by atoms with E-state index in [1.807, 2.05) is 48.5 Å². The summed E-state index contributed by atoms with van der Waals surface area (Å²) >= 11 is 6.57. The summed E-state index contributed by atoms with van der Waals surface area (Å²) in [5.41, 5.74) is 2.97. The van der Waals surface area contributed by atoms with E-state index in [1.54, 1.807) is 29.8 Å². The zero-order valence-electron chi connectivity index (χ0n) is 18.5. The minimum Gasteiger partial charge on any atom is -0.328 e. The average Bonchev–Trinajstić information content (AvgIpc) is 3.28. The van der Waals surface area contributed by atoms with E-state index in [4.69, 9.17) is 11.6 Å². The van der Waals surface area contributed by atoms with Gasteiger partial charge in [0.25, 0.3) is 11.6 Å². The van der Waals surface area contributed by atoms with Gasteiger partial charge in [0.05, 0.1) is 10.5 Å². The number of allylic oxidation sites excluding steroid dienone is 1. The molecule has 1 unspecified atom stereocenters. The fourth-order valence-electron chi connectivity index (χ4n) is 4.00. The molecule has 5 rings (SSSR count). The lowest BCUT2D eigenvalue weighted by Gasteiger charge is -2.29. The van der Waals surface area contributed by atoms with Gasteiger partial charge in [-0.3, -0.25) is 14.9 Å². The van der Waals surface area contributed by atoms with Crippen LogP contribution < -0.4 is 10.6 Å². The highest BCUT2D eigenvalue weighted by molar-refractivity contribution is 6.31. The molecule has 1 aliphatic heterocycles. The number of carbonyl (C=O) groups is 1. The van der Waals surface area contributed by atoms with Crippen molar-refractivity contribution in [3.8, 4) is 11.4 Å². The van der Waals surface area contributed by atoms with Gasteiger partial charge < -0.3 is 10.6 Å². The number of rotatable bonds is 5. The molecule has 35 heavy (non-hydrogen) atoms. The van der Waals surface area contributed by atoms with Crippen LogP contribution in [-0.4, -0.2) is 25.6 Å². The van der Waals surface area contributed by atoms with E-state index in [0.29, 0.717) is 44.9 Å². The van der Waals surface area contributed by atoms with E-state index in [9.17, 15) is 14.9 Å². The van der Waals surface area contributed by atoms with Crippen molar-refractivity contribution in [1.29, 1.82) is 0 Å². The Bertz CT molecular complexity index is 1460. The Hall–Kier alpha value is -4.50. The molecule has 0 saturated carbocycles. The molecule has 0 spiro atoms. The zero-order chi connectivity index (χ0) is 24.5. The van der Waals surface area contributed by atoms with Crippen LogP contribution in [0.2, 0.25) is 5.02 Å². The first-order chi connectivity index (χ1) is 16.9. The number of nitro groups is 1. The summed E-state index contributed by atoms with van der Waals surface area (Å²) in [5.74, 6) is 0.484. The monoisotopic (exact) mass is 486 g/mol. The Morgan fingerprint density at radius 3 is 2.43 bits per heavy atom. The first-order valence-corrected chi connectivity index (χ1v) is 11.1. The molecule has 1 aliphatic rings. The SMILES string of the molecule is CC1=C(C(=O)Nc2ccccc2)C(c2ccccc2Cl)n2nc(-c3ccc([N+](=O)[O-])cc3)nc2N1. The molecule has 0 fully saturated rings. The van der Waals surface area contributed by atoms with E-state index in [2.05, 4.69) is 20.7 Å². The highest BCUT2D eigenvalue weighted by Gasteiger charge is 2.35. The van der Waals surface area contributed by atoms with E-state index in [1.165, 1.54) is 12.1 Å². The van der Waals surface area contributed by atoms with E-state index >= 15 is 0 Å². The molecule has 1 atom stereocenters. The number of nitro benzene ring substituents is 1. The molecule has 0 aliphatic carbocycles. The number of nitrogens with zero attached hydrogens (tertiary/aromatic N) is 4. The number of para-hydroxylation sites is 1. The molecule has 10 heteroatoms. The van der Waals surface area contributed by atoms with Gasteiger partial charge in [0.15, 0.2) is 5.82 Å². The van der Waals surface area contributed by atoms with Gasteiger partial charge in [-0.15, -0.1) is 5.10 Å². The smallest absolute Gasteiger partial charge is 0.269 e. The summed E-state index contributed by atoms with van der Waals surface area (Å²) in [6.07, 6.45) is 0. The van der Waals surface area contributed by atoms with E-state index in [0.717, 1.165) is 0 Å². The van der Waals surface area contributed by atoms with Crippen LogP contribution in [0.4, 0.5) is 17.3 Å². The average molecular weight is 487 g/mol. The van der Waals surface area contributed by atoms with Gasteiger partial charge in [-0.2, -0.15) is 4.98 Å². The third-order valence-electron chi connectivity index (χ3n) is 5.66. The molecular formula is C25H19ClN6O3. The van der Waals surface area contributed by atoms with Crippen LogP contribution in [0.1, 0.15) is 18.5 Å². The molecule has 174 valence electrons. The summed E-state index contributed by atoms with van der Waals surface area (Å²) in [7, 11) is 0. The molecule has 1 amide bonds. The van der Waals surface area contributed by atoms with E-state index in [-0.39, 0.29) is 11.6 Å². The van der Waals surface area contributed by atoms with Gasteiger partial charge >= 0.3 is 0 Å². The second-order valence-electron chi connectivity index (χ2n) is 7.92. The second kappa shape index (κ2) is 9.03. The molecule has 3 aromatic carbocycles. The number of anilines is 2. The summed E-state index contributed by atoms with van der Waals surface area (Å²) in [6.45, 7) is 1.80. The van der Waals surface area contributed by atoms with Crippen molar-refractivity contribution < 1.29 is 9.72 Å². The summed E-state index contributed by atoms with van der Waals surface area (Å²) < 4.78 is 1.62. The first-order valence-electron chi connectivity index (χ1n) is 10.7. The van der Waals surface area contributed by atoms with Crippen LogP contribution in [0.25, 0.3) is 11.4 Å². The highest BCUT2D eigenvalue weighted by atomic mass is 35.5. The van der Waals surface area contributed by atoms with Crippen LogP contribution in [0.3, 0.4) is 0 Å². The third-order valence-corrected chi connectivity index (χ3v) is 6.01. The zero-order valence-corrected chi connectivity index (χ0v) is 19.2. The number of non-ortho nitro benzene ring substituents is 1. The molecule has 2 heterocycles. The quantitative estimate of drug-likeness (QED) is 0.287. The van der Waals surface area contributed by atoms with Crippen LogP contribution in [-0.2, 0) is 4.79 Å². The standard InChI is InChI=1S/C25H19ClN6O3/c1-15-21(24(33)28-17-7-3-2-4-8-17)22(19-9-5-6-10-20(19)26)31-25(27-15)29-23(30-31)16-11-13-18(14-12-16)32(34)35/h2-14,22H,1H3,(H,28,33)(H,27,29,30). The number of fused-ring (bicyclic) bond motifs is 1. The van der Waals surface area contributed by atoms with Crippen LogP contribution in [0, 0.1) is 10.1 Å². The molecular weight excluding hydrogens is 468 g/mol. The predicted octanol–water partition coefficient (Wildman–Crippen LogP) is 5.43. The Labute approximate surface area is 205 Å². The Kier molecular flexibility index (Phi) is 5.76. The lowest BCUT2D eigenvalue weighted by Crippen LogP contribution is -2.31. The fraction of sp³-hybridized carbons (Fsp3) is 0.0800. The van der Waals surface area contributed by atoms with Gasteiger partial charge in [0, 0.05) is 39.7 Å². The number of benzene rings is 3. The molecule has 0 saturated heterocycles. The van der Waals surface area contributed by atoms with Crippen LogP contribution in [0.5, 0.6) is 0 Å². The van der Waals surface area contributed by atoms with Gasteiger partial charge in [-0.05, 0) is 37.3 Å². The summed E-state index contributed by atoms with van der Waals surface area (Å²) in [6, 6.07) is 21.8. The predicted molar refractivity (Wildman–Crippen MR) is 133 cm³/mol. The maximum Gasteiger partial charge on any atom is 0.269 e. The molecule has 1 aromatic heterocycles. The Morgan fingerprint density at radius 2 is 1.74 bits per heavy atom. The number of hydrogen-bond acceptors (Lipinski definition) is 6. The number of amides is 1. The lowest BCUT2D eigenvalue weighted by molar-refractivity contribution is -0.384. The van der Waals surface area contributed by atoms with Gasteiger partial charge in [0.1, 0.15) is 6.04 Å². The maximum absolute atomic E-state index is 13.5. The van der Waals surface area contributed by atoms with E-state index < -0.39 is 11.0 Å². The number of carbonyl (C=O) groups excluding carboxylic acids is 1. The second-order valence-corrected chi connectivity index (χ2v) is 8.32. The summed E-state index contributed by atoms with van der Waals surface area (Å²) in [5, 5.41) is 22.3. The van der Waals surface area contributed by atoms with Crippen molar-refractivity contribution in [3.05, 3.63) is 111 Å².